The SMILES string of the molecule is Cc1ccc(CC(=O)c2ccc3c(c2)NC(=O)CO3)cc1. The van der Waals surface area contributed by atoms with Gasteiger partial charge in [-0.2, -0.15) is 0 Å². The van der Waals surface area contributed by atoms with E-state index in [9.17, 15) is 9.59 Å². The Bertz CT molecular complexity index is 704. The number of rotatable bonds is 3. The van der Waals surface area contributed by atoms with Gasteiger partial charge in [0, 0.05) is 12.0 Å². The molecule has 0 radical (unpaired) electrons. The van der Waals surface area contributed by atoms with Gasteiger partial charge in [0.05, 0.1) is 5.69 Å². The van der Waals surface area contributed by atoms with Crippen molar-refractivity contribution < 1.29 is 14.3 Å². The number of anilines is 1. The first-order chi connectivity index (χ1) is 10.1. The summed E-state index contributed by atoms with van der Waals surface area (Å²) in [6, 6.07) is 13.0. The van der Waals surface area contributed by atoms with Crippen LogP contribution in [-0.2, 0) is 11.2 Å². The molecule has 4 heteroatoms. The zero-order valence-corrected chi connectivity index (χ0v) is 11.7. The van der Waals surface area contributed by atoms with Gasteiger partial charge in [0.15, 0.2) is 12.4 Å². The van der Waals surface area contributed by atoms with Gasteiger partial charge in [-0.3, -0.25) is 9.59 Å². The molecular formula is C17H15NO3. The van der Waals surface area contributed by atoms with E-state index in [1.807, 2.05) is 31.2 Å². The van der Waals surface area contributed by atoms with Crippen LogP contribution in [0.4, 0.5) is 5.69 Å². The number of amides is 1. The van der Waals surface area contributed by atoms with E-state index in [0.717, 1.165) is 5.56 Å². The molecule has 106 valence electrons. The minimum Gasteiger partial charge on any atom is -0.482 e. The molecule has 0 saturated carbocycles. The second-order valence-electron chi connectivity index (χ2n) is 5.13. The number of carbonyl (C=O) groups is 2. The Kier molecular flexibility index (Phi) is 3.44. The van der Waals surface area contributed by atoms with Crippen LogP contribution in [0.15, 0.2) is 42.5 Å². The predicted molar refractivity (Wildman–Crippen MR) is 79.8 cm³/mol. The van der Waals surface area contributed by atoms with Gasteiger partial charge in [0.2, 0.25) is 0 Å². The van der Waals surface area contributed by atoms with E-state index >= 15 is 0 Å². The lowest BCUT2D eigenvalue weighted by Gasteiger charge is -2.18. The van der Waals surface area contributed by atoms with Gasteiger partial charge >= 0.3 is 0 Å². The molecule has 4 nitrogen and oxygen atoms in total. The molecule has 0 bridgehead atoms. The van der Waals surface area contributed by atoms with Gasteiger partial charge in [-0.15, -0.1) is 0 Å². The first kappa shape index (κ1) is 13.4. The third kappa shape index (κ3) is 2.94. The van der Waals surface area contributed by atoms with Crippen molar-refractivity contribution >= 4 is 17.4 Å². The Labute approximate surface area is 122 Å². The first-order valence-corrected chi connectivity index (χ1v) is 6.77. The molecule has 21 heavy (non-hydrogen) atoms. The van der Waals surface area contributed by atoms with Crippen LogP contribution >= 0.6 is 0 Å². The fourth-order valence-corrected chi connectivity index (χ4v) is 2.25. The summed E-state index contributed by atoms with van der Waals surface area (Å²) in [6.45, 7) is 2.03. The summed E-state index contributed by atoms with van der Waals surface area (Å²) in [5.41, 5.74) is 3.27. The van der Waals surface area contributed by atoms with E-state index in [4.69, 9.17) is 4.74 Å². The maximum Gasteiger partial charge on any atom is 0.262 e. The van der Waals surface area contributed by atoms with Crippen molar-refractivity contribution in [2.75, 3.05) is 11.9 Å². The molecule has 1 amide bonds. The lowest BCUT2D eigenvalue weighted by atomic mass is 10.0. The lowest BCUT2D eigenvalue weighted by molar-refractivity contribution is -0.118. The molecule has 1 aliphatic rings. The fourth-order valence-electron chi connectivity index (χ4n) is 2.25. The monoisotopic (exact) mass is 281 g/mol. The largest absolute Gasteiger partial charge is 0.482 e. The molecule has 0 aromatic heterocycles. The van der Waals surface area contributed by atoms with Crippen LogP contribution in [0, 0.1) is 6.92 Å². The molecule has 3 rings (SSSR count). The van der Waals surface area contributed by atoms with Crippen LogP contribution in [0.2, 0.25) is 0 Å². The number of ether oxygens (including phenoxy) is 1. The lowest BCUT2D eigenvalue weighted by Crippen LogP contribution is -2.25. The van der Waals surface area contributed by atoms with Crippen LogP contribution in [0.1, 0.15) is 21.5 Å². The van der Waals surface area contributed by atoms with Crippen molar-refractivity contribution in [1.29, 1.82) is 0 Å². The number of Topliss-reactive ketones (excluding diaryl/α,β-unsaturated/α-hetero) is 1. The minimum absolute atomic E-state index is 0.0153. The summed E-state index contributed by atoms with van der Waals surface area (Å²) >= 11 is 0. The molecular weight excluding hydrogens is 266 g/mol. The average Bonchev–Trinajstić information content (AvgIpc) is 2.48. The second kappa shape index (κ2) is 5.40. The van der Waals surface area contributed by atoms with Gasteiger partial charge in [-0.1, -0.05) is 29.8 Å². The highest BCUT2D eigenvalue weighted by Crippen LogP contribution is 2.28. The van der Waals surface area contributed by atoms with Gasteiger partial charge in [0.25, 0.3) is 5.91 Å². The van der Waals surface area contributed by atoms with Gasteiger partial charge < -0.3 is 10.1 Å². The highest BCUT2D eigenvalue weighted by atomic mass is 16.5. The van der Waals surface area contributed by atoms with E-state index in [2.05, 4.69) is 5.32 Å². The molecule has 0 fully saturated rings. The third-order valence-electron chi connectivity index (χ3n) is 3.42. The number of hydrogen-bond acceptors (Lipinski definition) is 3. The van der Waals surface area contributed by atoms with Gasteiger partial charge in [0.1, 0.15) is 5.75 Å². The summed E-state index contributed by atoms with van der Waals surface area (Å²) in [6.07, 6.45) is 0.341. The van der Waals surface area contributed by atoms with Crippen molar-refractivity contribution in [1.82, 2.24) is 0 Å². The van der Waals surface area contributed by atoms with Crippen LogP contribution in [-0.4, -0.2) is 18.3 Å². The number of fused-ring (bicyclic) bond motifs is 1. The Morgan fingerprint density at radius 2 is 1.95 bits per heavy atom. The number of carbonyl (C=O) groups excluding carboxylic acids is 2. The molecule has 0 saturated heterocycles. The van der Waals surface area contributed by atoms with Crippen LogP contribution in [0.25, 0.3) is 0 Å². The number of benzene rings is 2. The number of hydrogen-bond donors (Lipinski definition) is 1. The normalized spacial score (nSPS) is 13.1. The first-order valence-electron chi connectivity index (χ1n) is 6.77. The molecule has 1 aliphatic heterocycles. The molecule has 0 spiro atoms. The number of ketones is 1. The van der Waals surface area contributed by atoms with Crippen molar-refractivity contribution in [3.05, 3.63) is 59.2 Å². The summed E-state index contributed by atoms with van der Waals surface area (Å²) in [7, 11) is 0. The van der Waals surface area contributed by atoms with Crippen LogP contribution < -0.4 is 10.1 Å². The third-order valence-corrected chi connectivity index (χ3v) is 3.42. The standard InChI is InChI=1S/C17H15NO3/c1-11-2-4-12(5-3-11)8-15(19)13-6-7-16-14(9-13)18-17(20)10-21-16/h2-7,9H,8,10H2,1H3,(H,18,20). The van der Waals surface area contributed by atoms with Crippen molar-refractivity contribution in [3.8, 4) is 5.75 Å². The molecule has 0 atom stereocenters. The van der Waals surface area contributed by atoms with E-state index in [0.29, 0.717) is 23.4 Å². The maximum atomic E-state index is 12.3. The molecule has 0 aliphatic carbocycles. The smallest absolute Gasteiger partial charge is 0.262 e. The van der Waals surface area contributed by atoms with E-state index in [1.54, 1.807) is 18.2 Å². The molecule has 1 N–H and O–H groups in total. The average molecular weight is 281 g/mol. The Balaban J connectivity index is 1.80. The molecule has 2 aromatic carbocycles. The van der Waals surface area contributed by atoms with E-state index < -0.39 is 0 Å². The summed E-state index contributed by atoms with van der Waals surface area (Å²) in [4.78, 5) is 23.6. The maximum absolute atomic E-state index is 12.3. The molecule has 2 aromatic rings. The fraction of sp³-hybridized carbons (Fsp3) is 0.176. The summed E-state index contributed by atoms with van der Waals surface area (Å²) in [5, 5.41) is 2.71. The van der Waals surface area contributed by atoms with Crippen LogP contribution in [0.5, 0.6) is 5.75 Å². The summed E-state index contributed by atoms with van der Waals surface area (Å²) < 4.78 is 5.28. The zero-order valence-electron chi connectivity index (χ0n) is 11.7. The quantitative estimate of drug-likeness (QED) is 0.880. The van der Waals surface area contributed by atoms with Gasteiger partial charge in [-0.25, -0.2) is 0 Å². The van der Waals surface area contributed by atoms with Gasteiger partial charge in [-0.05, 0) is 30.7 Å². The topological polar surface area (TPSA) is 55.4 Å². The predicted octanol–water partition coefficient (Wildman–Crippen LogP) is 2.75. The summed E-state index contributed by atoms with van der Waals surface area (Å²) in [5.74, 6) is 0.411. The highest BCUT2D eigenvalue weighted by Gasteiger charge is 2.17. The number of aryl methyl sites for hydroxylation is 1. The number of nitrogens with one attached hydrogen (secondary N) is 1. The Hall–Kier alpha value is -2.62. The Morgan fingerprint density at radius 1 is 1.19 bits per heavy atom. The second-order valence-corrected chi connectivity index (χ2v) is 5.13. The highest BCUT2D eigenvalue weighted by molar-refractivity contribution is 6.01. The van der Waals surface area contributed by atoms with Crippen molar-refractivity contribution in [2.24, 2.45) is 0 Å². The van der Waals surface area contributed by atoms with Crippen molar-refractivity contribution in [3.63, 3.8) is 0 Å². The van der Waals surface area contributed by atoms with Crippen LogP contribution in [0.3, 0.4) is 0 Å². The van der Waals surface area contributed by atoms with E-state index in [1.165, 1.54) is 5.56 Å². The van der Waals surface area contributed by atoms with Crippen molar-refractivity contribution in [2.45, 2.75) is 13.3 Å². The minimum atomic E-state index is -0.203. The van der Waals surface area contributed by atoms with E-state index in [-0.39, 0.29) is 18.3 Å². The molecule has 1 heterocycles. The zero-order chi connectivity index (χ0) is 14.8. The Morgan fingerprint density at radius 3 is 2.71 bits per heavy atom. The molecule has 0 unspecified atom stereocenters.